The molecular formula is C23H24N2O5. The number of allylic oxidation sites excluding steroid dienone is 2. The maximum atomic E-state index is 12.9. The van der Waals surface area contributed by atoms with Crippen molar-refractivity contribution < 1.29 is 23.9 Å². The van der Waals surface area contributed by atoms with E-state index in [-0.39, 0.29) is 42.0 Å². The van der Waals surface area contributed by atoms with Crippen molar-refractivity contribution in [3.05, 3.63) is 42.0 Å². The van der Waals surface area contributed by atoms with Crippen LogP contribution < -0.4 is 5.32 Å². The minimum Gasteiger partial charge on any atom is -0.462 e. The lowest BCUT2D eigenvalue weighted by molar-refractivity contribution is -0.142. The summed E-state index contributed by atoms with van der Waals surface area (Å²) in [5, 5.41) is 2.70. The molecule has 1 heterocycles. The smallest absolute Gasteiger partial charge is 0.338 e. The van der Waals surface area contributed by atoms with E-state index in [9.17, 15) is 19.2 Å². The van der Waals surface area contributed by atoms with E-state index in [4.69, 9.17) is 4.74 Å². The second kappa shape index (κ2) is 7.07. The van der Waals surface area contributed by atoms with E-state index in [2.05, 4.69) is 17.5 Å². The first-order chi connectivity index (χ1) is 14.5. The Morgan fingerprint density at radius 2 is 1.63 bits per heavy atom. The highest BCUT2D eigenvalue weighted by Crippen LogP contribution is 2.65. The summed E-state index contributed by atoms with van der Waals surface area (Å²) in [6, 6.07) is 6.35. The molecule has 4 aliphatic carbocycles. The number of esters is 1. The number of carbonyl (C=O) groups is 4. The summed E-state index contributed by atoms with van der Waals surface area (Å²) in [6.45, 7) is 2.00. The second-order valence-corrected chi connectivity index (χ2v) is 8.68. The molecule has 6 rings (SSSR count). The Kier molecular flexibility index (Phi) is 4.49. The molecule has 0 radical (unpaired) electrons. The lowest BCUT2D eigenvalue weighted by Gasteiger charge is -2.37. The molecule has 6 unspecified atom stereocenters. The zero-order valence-corrected chi connectivity index (χ0v) is 16.7. The average molecular weight is 408 g/mol. The molecule has 1 aromatic rings. The summed E-state index contributed by atoms with van der Waals surface area (Å²) in [6.07, 6.45) is 6.08. The molecule has 1 aliphatic heterocycles. The molecular weight excluding hydrogens is 384 g/mol. The number of imide groups is 1. The fourth-order valence-corrected chi connectivity index (χ4v) is 5.49. The van der Waals surface area contributed by atoms with E-state index >= 15 is 0 Å². The van der Waals surface area contributed by atoms with Crippen LogP contribution in [0.25, 0.3) is 0 Å². The van der Waals surface area contributed by atoms with E-state index in [1.54, 1.807) is 24.3 Å². The maximum Gasteiger partial charge on any atom is 0.338 e. The summed E-state index contributed by atoms with van der Waals surface area (Å²) in [5.74, 6) is -0.477. The topological polar surface area (TPSA) is 92.8 Å². The van der Waals surface area contributed by atoms with Crippen LogP contribution in [-0.2, 0) is 19.1 Å². The van der Waals surface area contributed by atoms with Gasteiger partial charge in [-0.1, -0.05) is 19.1 Å². The minimum absolute atomic E-state index is 0.148. The highest BCUT2D eigenvalue weighted by atomic mass is 16.5. The van der Waals surface area contributed by atoms with Crippen LogP contribution in [0.2, 0.25) is 0 Å². The van der Waals surface area contributed by atoms with E-state index in [0.717, 1.165) is 17.7 Å². The number of ether oxygens (including phenoxy) is 1. The molecule has 30 heavy (non-hydrogen) atoms. The number of benzene rings is 1. The Bertz CT molecular complexity index is 917. The SMILES string of the molecule is CCCOC(=O)c1ccc(NC(=O)CN2C(=O)C3C4C=CC(C5CC45)C3C2=O)cc1. The number of nitrogens with zero attached hydrogens (tertiary/aromatic N) is 1. The van der Waals surface area contributed by atoms with Crippen LogP contribution in [0.3, 0.4) is 0 Å². The Hall–Kier alpha value is -2.96. The van der Waals surface area contributed by atoms with Gasteiger partial charge in [-0.15, -0.1) is 0 Å². The van der Waals surface area contributed by atoms with Crippen molar-refractivity contribution in [2.24, 2.45) is 35.5 Å². The number of rotatable bonds is 6. The third-order valence-electron chi connectivity index (χ3n) is 6.90. The number of anilines is 1. The van der Waals surface area contributed by atoms with Crippen molar-refractivity contribution in [3.63, 3.8) is 0 Å². The zero-order chi connectivity index (χ0) is 21.0. The quantitative estimate of drug-likeness (QED) is 0.443. The highest BCUT2D eigenvalue weighted by Gasteiger charge is 2.67. The van der Waals surface area contributed by atoms with Gasteiger partial charge in [0.15, 0.2) is 0 Å². The molecule has 1 N–H and O–H groups in total. The van der Waals surface area contributed by atoms with Crippen LogP contribution in [0.1, 0.15) is 30.1 Å². The van der Waals surface area contributed by atoms with Gasteiger partial charge in [-0.25, -0.2) is 4.79 Å². The van der Waals surface area contributed by atoms with Crippen molar-refractivity contribution in [3.8, 4) is 0 Å². The summed E-state index contributed by atoms with van der Waals surface area (Å²) in [7, 11) is 0. The molecule has 2 bridgehead atoms. The second-order valence-electron chi connectivity index (χ2n) is 8.68. The third-order valence-corrected chi connectivity index (χ3v) is 6.90. The van der Waals surface area contributed by atoms with E-state index in [0.29, 0.717) is 29.7 Å². The lowest BCUT2D eigenvalue weighted by Crippen LogP contribution is -2.40. The predicted octanol–water partition coefficient (Wildman–Crippen LogP) is 2.25. The van der Waals surface area contributed by atoms with Crippen LogP contribution >= 0.6 is 0 Å². The average Bonchev–Trinajstić information content (AvgIpc) is 3.53. The van der Waals surface area contributed by atoms with Gasteiger partial charge < -0.3 is 10.1 Å². The first-order valence-electron chi connectivity index (χ1n) is 10.6. The molecule has 2 saturated carbocycles. The molecule has 156 valence electrons. The number of hydrogen-bond donors (Lipinski definition) is 1. The number of nitrogens with one attached hydrogen (secondary N) is 1. The third kappa shape index (κ3) is 2.95. The van der Waals surface area contributed by atoms with Crippen molar-refractivity contribution in [2.75, 3.05) is 18.5 Å². The first kappa shape index (κ1) is 19.0. The molecule has 1 aromatic carbocycles. The lowest BCUT2D eigenvalue weighted by atomic mass is 9.63. The fourth-order valence-electron chi connectivity index (χ4n) is 5.49. The standard InChI is InChI=1S/C23H24N2O5/c1-2-9-30-23(29)12-3-5-13(6-4-12)24-18(26)11-25-21(27)19-14-7-8-15(17-10-16(14)17)20(19)22(25)28/h3-8,14-17,19-20H,2,9-11H2,1H3,(H,24,26). The molecule has 7 heteroatoms. The van der Waals surface area contributed by atoms with Crippen LogP contribution in [-0.4, -0.2) is 41.7 Å². The Balaban J connectivity index is 1.22. The van der Waals surface area contributed by atoms with Gasteiger partial charge in [0.05, 0.1) is 24.0 Å². The van der Waals surface area contributed by atoms with Crippen LogP contribution in [0.15, 0.2) is 36.4 Å². The van der Waals surface area contributed by atoms with Gasteiger partial charge >= 0.3 is 5.97 Å². The number of likely N-dealkylation sites (tertiary alicyclic amines) is 1. The molecule has 1 saturated heterocycles. The highest BCUT2D eigenvalue weighted by molar-refractivity contribution is 6.09. The molecule has 3 amide bonds. The Labute approximate surface area is 174 Å². The van der Waals surface area contributed by atoms with Gasteiger partial charge in [-0.05, 0) is 60.8 Å². The van der Waals surface area contributed by atoms with Crippen molar-refractivity contribution in [2.45, 2.75) is 19.8 Å². The summed E-state index contributed by atoms with van der Waals surface area (Å²) in [4.78, 5) is 51.4. The first-order valence-corrected chi connectivity index (χ1v) is 10.6. The molecule has 6 atom stereocenters. The molecule has 3 fully saturated rings. The summed E-state index contributed by atoms with van der Waals surface area (Å²) < 4.78 is 5.08. The summed E-state index contributed by atoms with van der Waals surface area (Å²) >= 11 is 0. The van der Waals surface area contributed by atoms with Crippen LogP contribution in [0.4, 0.5) is 5.69 Å². The van der Waals surface area contributed by atoms with E-state index < -0.39 is 11.9 Å². The van der Waals surface area contributed by atoms with Gasteiger partial charge in [0.2, 0.25) is 17.7 Å². The zero-order valence-electron chi connectivity index (χ0n) is 16.7. The van der Waals surface area contributed by atoms with Crippen LogP contribution in [0.5, 0.6) is 0 Å². The van der Waals surface area contributed by atoms with Crippen LogP contribution in [0, 0.1) is 35.5 Å². The molecule has 7 nitrogen and oxygen atoms in total. The predicted molar refractivity (Wildman–Crippen MR) is 107 cm³/mol. The van der Waals surface area contributed by atoms with Gasteiger partial charge in [-0.2, -0.15) is 0 Å². The van der Waals surface area contributed by atoms with Crippen molar-refractivity contribution >= 4 is 29.4 Å². The van der Waals surface area contributed by atoms with Gasteiger partial charge in [0.25, 0.3) is 0 Å². The van der Waals surface area contributed by atoms with E-state index in [1.807, 2.05) is 6.92 Å². The van der Waals surface area contributed by atoms with Crippen molar-refractivity contribution in [1.29, 1.82) is 0 Å². The summed E-state index contributed by atoms with van der Waals surface area (Å²) in [5.41, 5.74) is 0.892. The maximum absolute atomic E-state index is 12.9. The normalized spacial score (nSPS) is 32.6. The largest absolute Gasteiger partial charge is 0.462 e. The molecule has 0 spiro atoms. The number of amides is 3. The monoisotopic (exact) mass is 408 g/mol. The van der Waals surface area contributed by atoms with Gasteiger partial charge in [-0.3, -0.25) is 19.3 Å². The van der Waals surface area contributed by atoms with Gasteiger partial charge in [0.1, 0.15) is 6.54 Å². The van der Waals surface area contributed by atoms with Gasteiger partial charge in [0, 0.05) is 5.69 Å². The molecule has 5 aliphatic rings. The fraction of sp³-hybridized carbons (Fsp3) is 0.478. The Morgan fingerprint density at radius 1 is 1.03 bits per heavy atom. The van der Waals surface area contributed by atoms with Crippen molar-refractivity contribution in [1.82, 2.24) is 4.90 Å². The number of hydrogen-bond acceptors (Lipinski definition) is 5. The number of carbonyl (C=O) groups excluding carboxylic acids is 4. The van der Waals surface area contributed by atoms with E-state index in [1.165, 1.54) is 0 Å². The minimum atomic E-state index is -0.429. The Morgan fingerprint density at radius 3 is 2.20 bits per heavy atom. The molecule has 0 aromatic heterocycles.